The van der Waals surface area contributed by atoms with Crippen LogP contribution in [0.1, 0.15) is 33.1 Å². The standard InChI is InChI=1S/C20H35N5S/c1-3-9-23-10-7-18(8-11-23)17-22-20(21-4-2)25-14-12-24(13-15-25)19-6-5-16-26-19/h5-6,16,18H,3-4,7-15,17H2,1-2H3,(H,21,22). The molecule has 6 heteroatoms. The van der Waals surface area contributed by atoms with Gasteiger partial charge in [0.1, 0.15) is 0 Å². The van der Waals surface area contributed by atoms with Gasteiger partial charge in [0.2, 0.25) is 0 Å². The Morgan fingerprint density at radius 3 is 2.54 bits per heavy atom. The fourth-order valence-electron chi connectivity index (χ4n) is 3.94. The van der Waals surface area contributed by atoms with Crippen molar-refractivity contribution < 1.29 is 0 Å². The molecule has 0 amide bonds. The predicted molar refractivity (Wildman–Crippen MR) is 114 cm³/mol. The van der Waals surface area contributed by atoms with Gasteiger partial charge >= 0.3 is 0 Å². The number of rotatable bonds is 6. The molecule has 1 N–H and O–H groups in total. The summed E-state index contributed by atoms with van der Waals surface area (Å²) < 4.78 is 0. The molecule has 1 aromatic heterocycles. The number of hydrogen-bond donors (Lipinski definition) is 1. The molecule has 2 aliphatic rings. The van der Waals surface area contributed by atoms with Gasteiger partial charge in [0, 0.05) is 39.3 Å². The first kappa shape index (κ1) is 19.5. The van der Waals surface area contributed by atoms with E-state index < -0.39 is 0 Å². The second kappa shape index (κ2) is 10.2. The molecule has 0 aromatic carbocycles. The molecular formula is C20H35N5S. The molecule has 0 unspecified atom stereocenters. The minimum absolute atomic E-state index is 0.754. The van der Waals surface area contributed by atoms with E-state index in [-0.39, 0.29) is 0 Å². The summed E-state index contributed by atoms with van der Waals surface area (Å²) in [7, 11) is 0. The Morgan fingerprint density at radius 2 is 1.92 bits per heavy atom. The van der Waals surface area contributed by atoms with E-state index in [4.69, 9.17) is 4.99 Å². The number of hydrogen-bond acceptors (Lipinski definition) is 4. The van der Waals surface area contributed by atoms with Crippen molar-refractivity contribution in [3.8, 4) is 0 Å². The van der Waals surface area contributed by atoms with Crippen LogP contribution in [-0.4, -0.2) is 74.7 Å². The van der Waals surface area contributed by atoms with E-state index in [0.717, 1.165) is 51.1 Å². The van der Waals surface area contributed by atoms with Gasteiger partial charge in [-0.25, -0.2) is 0 Å². The van der Waals surface area contributed by atoms with Crippen molar-refractivity contribution in [2.75, 3.05) is 63.8 Å². The van der Waals surface area contributed by atoms with Gasteiger partial charge in [-0.2, -0.15) is 0 Å². The number of nitrogens with zero attached hydrogens (tertiary/aromatic N) is 4. The van der Waals surface area contributed by atoms with Crippen LogP contribution >= 0.6 is 11.3 Å². The number of thiophene rings is 1. The minimum Gasteiger partial charge on any atom is -0.360 e. The molecule has 146 valence electrons. The molecular weight excluding hydrogens is 342 g/mol. The molecule has 1 aromatic rings. The third-order valence-corrected chi connectivity index (χ3v) is 6.41. The zero-order valence-electron chi connectivity index (χ0n) is 16.5. The summed E-state index contributed by atoms with van der Waals surface area (Å²) in [5.41, 5.74) is 0. The van der Waals surface area contributed by atoms with Crippen molar-refractivity contribution in [3.05, 3.63) is 17.5 Å². The van der Waals surface area contributed by atoms with Crippen LogP contribution in [0.3, 0.4) is 0 Å². The maximum absolute atomic E-state index is 5.02. The van der Waals surface area contributed by atoms with Crippen LogP contribution in [0.15, 0.2) is 22.5 Å². The number of nitrogens with one attached hydrogen (secondary N) is 1. The Labute approximate surface area is 163 Å². The Bertz CT molecular complexity index is 528. The van der Waals surface area contributed by atoms with Gasteiger partial charge in [0.15, 0.2) is 5.96 Å². The van der Waals surface area contributed by atoms with Crippen molar-refractivity contribution >= 4 is 22.3 Å². The van der Waals surface area contributed by atoms with E-state index in [0.29, 0.717) is 0 Å². The number of likely N-dealkylation sites (tertiary alicyclic amines) is 1. The third kappa shape index (κ3) is 5.36. The third-order valence-electron chi connectivity index (χ3n) is 5.48. The summed E-state index contributed by atoms with van der Waals surface area (Å²) in [6, 6.07) is 4.37. The lowest BCUT2D eigenvalue weighted by atomic mass is 9.97. The van der Waals surface area contributed by atoms with Crippen LogP contribution in [0.4, 0.5) is 5.00 Å². The zero-order valence-corrected chi connectivity index (χ0v) is 17.3. The van der Waals surface area contributed by atoms with Crippen LogP contribution in [0.25, 0.3) is 0 Å². The second-order valence-corrected chi connectivity index (χ2v) is 8.33. The van der Waals surface area contributed by atoms with Crippen molar-refractivity contribution in [2.45, 2.75) is 33.1 Å². The molecule has 0 bridgehead atoms. The van der Waals surface area contributed by atoms with Crippen LogP contribution in [0.5, 0.6) is 0 Å². The molecule has 0 atom stereocenters. The highest BCUT2D eigenvalue weighted by Gasteiger charge is 2.22. The van der Waals surface area contributed by atoms with Crippen molar-refractivity contribution in [1.82, 2.24) is 15.1 Å². The molecule has 2 aliphatic heterocycles. The lowest BCUT2D eigenvalue weighted by molar-refractivity contribution is 0.188. The lowest BCUT2D eigenvalue weighted by Gasteiger charge is -2.37. The smallest absolute Gasteiger partial charge is 0.194 e. The summed E-state index contributed by atoms with van der Waals surface area (Å²) in [6.45, 7) is 14.4. The second-order valence-electron chi connectivity index (χ2n) is 7.41. The normalized spacial score (nSPS) is 20.6. The van der Waals surface area contributed by atoms with Gasteiger partial charge in [0.25, 0.3) is 0 Å². The Morgan fingerprint density at radius 1 is 1.15 bits per heavy atom. The lowest BCUT2D eigenvalue weighted by Crippen LogP contribution is -2.52. The summed E-state index contributed by atoms with van der Waals surface area (Å²) in [4.78, 5) is 12.6. The molecule has 0 saturated carbocycles. The van der Waals surface area contributed by atoms with Crippen molar-refractivity contribution in [3.63, 3.8) is 0 Å². The van der Waals surface area contributed by atoms with Gasteiger partial charge in [-0.15, -0.1) is 11.3 Å². The van der Waals surface area contributed by atoms with E-state index in [1.54, 1.807) is 0 Å². The van der Waals surface area contributed by atoms with Crippen LogP contribution in [-0.2, 0) is 0 Å². The molecule has 26 heavy (non-hydrogen) atoms. The van der Waals surface area contributed by atoms with Gasteiger partial charge in [0.05, 0.1) is 5.00 Å². The van der Waals surface area contributed by atoms with E-state index >= 15 is 0 Å². The summed E-state index contributed by atoms with van der Waals surface area (Å²) in [5.74, 6) is 1.87. The van der Waals surface area contributed by atoms with Crippen LogP contribution in [0, 0.1) is 5.92 Å². The molecule has 5 nitrogen and oxygen atoms in total. The van der Waals surface area contributed by atoms with Gasteiger partial charge in [-0.05, 0) is 69.3 Å². The van der Waals surface area contributed by atoms with Gasteiger partial charge in [-0.3, -0.25) is 4.99 Å². The quantitative estimate of drug-likeness (QED) is 0.610. The van der Waals surface area contributed by atoms with E-state index in [2.05, 4.69) is 51.4 Å². The number of aliphatic imine (C=N–C) groups is 1. The first-order valence-electron chi connectivity index (χ1n) is 10.3. The molecule has 2 saturated heterocycles. The number of anilines is 1. The highest BCUT2D eigenvalue weighted by Crippen LogP contribution is 2.22. The molecule has 0 spiro atoms. The average Bonchev–Trinajstić information content (AvgIpc) is 3.21. The van der Waals surface area contributed by atoms with E-state index in [9.17, 15) is 0 Å². The molecule has 3 heterocycles. The summed E-state index contributed by atoms with van der Waals surface area (Å²) >= 11 is 1.84. The van der Waals surface area contributed by atoms with Gasteiger partial charge < -0.3 is 20.0 Å². The maximum atomic E-state index is 5.02. The van der Waals surface area contributed by atoms with Gasteiger partial charge in [-0.1, -0.05) is 6.92 Å². The molecule has 2 fully saturated rings. The number of guanidine groups is 1. The predicted octanol–water partition coefficient (Wildman–Crippen LogP) is 2.96. The zero-order chi connectivity index (χ0) is 18.2. The van der Waals surface area contributed by atoms with Crippen molar-refractivity contribution in [1.29, 1.82) is 0 Å². The molecule has 0 aliphatic carbocycles. The number of piperazine rings is 1. The van der Waals surface area contributed by atoms with Crippen molar-refractivity contribution in [2.24, 2.45) is 10.9 Å². The SMILES string of the molecule is CCCN1CCC(CN=C(NCC)N2CCN(c3cccs3)CC2)CC1. The van der Waals surface area contributed by atoms with E-state index in [1.165, 1.54) is 43.9 Å². The summed E-state index contributed by atoms with van der Waals surface area (Å²) in [5, 5.41) is 7.08. The Kier molecular flexibility index (Phi) is 7.62. The molecule has 3 rings (SSSR count). The first-order chi connectivity index (χ1) is 12.8. The average molecular weight is 378 g/mol. The Balaban J connectivity index is 1.48. The van der Waals surface area contributed by atoms with E-state index in [1.807, 2.05) is 11.3 Å². The highest BCUT2D eigenvalue weighted by atomic mass is 32.1. The highest BCUT2D eigenvalue weighted by molar-refractivity contribution is 7.14. The first-order valence-corrected chi connectivity index (χ1v) is 11.2. The largest absolute Gasteiger partial charge is 0.360 e. The fourth-order valence-corrected chi connectivity index (χ4v) is 4.72. The fraction of sp³-hybridized carbons (Fsp3) is 0.750. The monoisotopic (exact) mass is 377 g/mol. The number of piperidine rings is 1. The van der Waals surface area contributed by atoms with Crippen LogP contribution in [0.2, 0.25) is 0 Å². The maximum Gasteiger partial charge on any atom is 0.194 e. The topological polar surface area (TPSA) is 34.1 Å². The minimum atomic E-state index is 0.754. The summed E-state index contributed by atoms with van der Waals surface area (Å²) in [6.07, 6.45) is 3.87. The Hall–Kier alpha value is -1.27. The van der Waals surface area contributed by atoms with Crippen LogP contribution < -0.4 is 10.2 Å². The molecule has 0 radical (unpaired) electrons.